The summed E-state index contributed by atoms with van der Waals surface area (Å²) in [5.41, 5.74) is -0.119. The van der Waals surface area contributed by atoms with Gasteiger partial charge in [0.2, 0.25) is 5.28 Å². The molecule has 20 heavy (non-hydrogen) atoms. The molecule has 0 amide bonds. The topological polar surface area (TPSA) is 72.7 Å². The molecule has 0 spiro atoms. The van der Waals surface area contributed by atoms with E-state index in [1.165, 1.54) is 9.13 Å². The summed E-state index contributed by atoms with van der Waals surface area (Å²) in [5, 5.41) is 0.119. The Balaban J connectivity index is 2.63. The van der Waals surface area contributed by atoms with Gasteiger partial charge in [-0.2, -0.15) is 4.98 Å². The normalized spacial score (nSPS) is 11.3. The fraction of sp³-hybridized carbons (Fsp3) is 0.538. The predicted molar refractivity (Wildman–Crippen MR) is 79.1 cm³/mol. The van der Waals surface area contributed by atoms with Gasteiger partial charge in [0.1, 0.15) is 0 Å². The third-order valence-electron chi connectivity index (χ3n) is 3.20. The lowest BCUT2D eigenvalue weighted by Gasteiger charge is -2.10. The second-order valence-electron chi connectivity index (χ2n) is 4.68. The van der Waals surface area contributed by atoms with Crippen molar-refractivity contribution in [1.29, 1.82) is 0 Å². The molecule has 1 radical (unpaired) electrons. The molecule has 0 bridgehead atoms. The number of imidazole rings is 1. The van der Waals surface area contributed by atoms with E-state index in [0.717, 1.165) is 19.3 Å². The van der Waals surface area contributed by atoms with Crippen molar-refractivity contribution in [3.05, 3.63) is 33.0 Å². The van der Waals surface area contributed by atoms with Gasteiger partial charge in [0, 0.05) is 13.1 Å². The highest BCUT2D eigenvalue weighted by molar-refractivity contribution is 6.28. The van der Waals surface area contributed by atoms with Crippen molar-refractivity contribution in [2.75, 3.05) is 0 Å². The summed E-state index contributed by atoms with van der Waals surface area (Å²) in [6.45, 7) is 6.60. The molecule has 2 aromatic heterocycles. The number of hydrogen-bond donors (Lipinski definition) is 1. The van der Waals surface area contributed by atoms with Gasteiger partial charge in [-0.25, -0.2) is 4.79 Å². The SMILES string of the molecule is [CH2]CCn1c(=O)c2[nH]c(Cl)nc2n(CCCCC)c1=O. The van der Waals surface area contributed by atoms with E-state index < -0.39 is 0 Å². The highest BCUT2D eigenvalue weighted by Gasteiger charge is 2.16. The summed E-state index contributed by atoms with van der Waals surface area (Å²) in [7, 11) is 0. The average Bonchev–Trinajstić information content (AvgIpc) is 2.80. The van der Waals surface area contributed by atoms with E-state index in [1.807, 2.05) is 0 Å². The maximum absolute atomic E-state index is 12.4. The molecule has 7 heteroatoms. The molecule has 2 rings (SSSR count). The molecule has 0 saturated heterocycles. The van der Waals surface area contributed by atoms with Crippen LogP contribution in [0.15, 0.2) is 9.59 Å². The highest BCUT2D eigenvalue weighted by atomic mass is 35.5. The Hall–Kier alpha value is -1.56. The van der Waals surface area contributed by atoms with Crippen molar-refractivity contribution in [3.8, 4) is 0 Å². The molecule has 0 aliphatic heterocycles. The maximum atomic E-state index is 12.4. The lowest BCUT2D eigenvalue weighted by Crippen LogP contribution is -2.40. The van der Waals surface area contributed by atoms with E-state index in [-0.39, 0.29) is 28.6 Å². The molecule has 0 fully saturated rings. The summed E-state index contributed by atoms with van der Waals surface area (Å²) in [6, 6.07) is 0. The zero-order chi connectivity index (χ0) is 14.7. The zero-order valence-corrected chi connectivity index (χ0v) is 12.2. The summed E-state index contributed by atoms with van der Waals surface area (Å²) in [4.78, 5) is 31.4. The van der Waals surface area contributed by atoms with E-state index >= 15 is 0 Å². The number of rotatable bonds is 6. The number of aromatic nitrogens is 4. The Labute approximate surface area is 121 Å². The number of unbranched alkanes of at least 4 members (excludes halogenated alkanes) is 2. The van der Waals surface area contributed by atoms with Gasteiger partial charge in [-0.15, -0.1) is 0 Å². The second kappa shape index (κ2) is 6.26. The van der Waals surface area contributed by atoms with Gasteiger partial charge >= 0.3 is 5.69 Å². The third kappa shape index (κ3) is 2.65. The summed E-state index contributed by atoms with van der Waals surface area (Å²) >= 11 is 5.83. The molecule has 0 saturated carbocycles. The summed E-state index contributed by atoms with van der Waals surface area (Å²) in [6.07, 6.45) is 3.40. The van der Waals surface area contributed by atoms with E-state index in [9.17, 15) is 9.59 Å². The Morgan fingerprint density at radius 2 is 2.00 bits per heavy atom. The average molecular weight is 298 g/mol. The highest BCUT2D eigenvalue weighted by Crippen LogP contribution is 2.10. The molecule has 2 heterocycles. The summed E-state index contributed by atoms with van der Waals surface area (Å²) in [5.74, 6) is 0. The first-order chi connectivity index (χ1) is 9.60. The van der Waals surface area contributed by atoms with Crippen LogP contribution in [0.1, 0.15) is 32.6 Å². The first kappa shape index (κ1) is 14.8. The van der Waals surface area contributed by atoms with Gasteiger partial charge in [-0.3, -0.25) is 13.9 Å². The van der Waals surface area contributed by atoms with Gasteiger partial charge in [0.15, 0.2) is 11.2 Å². The van der Waals surface area contributed by atoms with Crippen LogP contribution in [0.3, 0.4) is 0 Å². The lowest BCUT2D eigenvalue weighted by molar-refractivity contribution is 0.540. The van der Waals surface area contributed by atoms with Gasteiger partial charge in [-0.05, 0) is 24.4 Å². The Morgan fingerprint density at radius 3 is 2.65 bits per heavy atom. The minimum atomic E-state index is -0.389. The first-order valence-corrected chi connectivity index (χ1v) is 7.16. The van der Waals surface area contributed by atoms with E-state index in [2.05, 4.69) is 23.8 Å². The van der Waals surface area contributed by atoms with Crippen LogP contribution in [0.25, 0.3) is 11.2 Å². The van der Waals surface area contributed by atoms with E-state index in [0.29, 0.717) is 18.6 Å². The molecule has 0 aliphatic carbocycles. The minimum absolute atomic E-state index is 0.119. The largest absolute Gasteiger partial charge is 0.332 e. The fourth-order valence-electron chi connectivity index (χ4n) is 2.22. The molecule has 1 N–H and O–H groups in total. The molecule has 0 unspecified atom stereocenters. The Morgan fingerprint density at radius 1 is 1.25 bits per heavy atom. The second-order valence-corrected chi connectivity index (χ2v) is 5.04. The fourth-order valence-corrected chi connectivity index (χ4v) is 2.39. The number of halogens is 1. The van der Waals surface area contributed by atoms with Crippen LogP contribution < -0.4 is 11.2 Å². The Bertz CT molecular complexity index is 713. The Kier molecular flexibility index (Phi) is 4.65. The number of nitrogens with one attached hydrogen (secondary N) is 1. The van der Waals surface area contributed by atoms with Crippen LogP contribution in [-0.2, 0) is 13.1 Å². The molecule has 0 aromatic carbocycles. The zero-order valence-electron chi connectivity index (χ0n) is 11.5. The van der Waals surface area contributed by atoms with Crippen molar-refractivity contribution < 1.29 is 0 Å². The van der Waals surface area contributed by atoms with Crippen molar-refractivity contribution in [2.45, 2.75) is 45.7 Å². The predicted octanol–water partition coefficient (Wildman–Crippen LogP) is 1.95. The van der Waals surface area contributed by atoms with Gasteiger partial charge in [0.05, 0.1) is 0 Å². The number of aromatic amines is 1. The van der Waals surface area contributed by atoms with Gasteiger partial charge in [-0.1, -0.05) is 26.7 Å². The molecular formula is C13H18ClN4O2. The van der Waals surface area contributed by atoms with Crippen LogP contribution in [-0.4, -0.2) is 19.1 Å². The van der Waals surface area contributed by atoms with Gasteiger partial charge in [0.25, 0.3) is 5.56 Å². The first-order valence-electron chi connectivity index (χ1n) is 6.78. The quantitative estimate of drug-likeness (QED) is 0.654. The molecule has 0 atom stereocenters. The lowest BCUT2D eigenvalue weighted by atomic mass is 10.2. The molecule has 109 valence electrons. The third-order valence-corrected chi connectivity index (χ3v) is 3.38. The molecule has 6 nitrogen and oxygen atoms in total. The van der Waals surface area contributed by atoms with Crippen LogP contribution >= 0.6 is 11.6 Å². The van der Waals surface area contributed by atoms with Crippen LogP contribution in [0.5, 0.6) is 0 Å². The number of hydrogen-bond acceptors (Lipinski definition) is 3. The molecular weight excluding hydrogens is 280 g/mol. The molecule has 2 aromatic rings. The van der Waals surface area contributed by atoms with Gasteiger partial charge < -0.3 is 4.98 Å². The van der Waals surface area contributed by atoms with Crippen LogP contribution in [0.2, 0.25) is 5.28 Å². The van der Waals surface area contributed by atoms with E-state index in [1.54, 1.807) is 0 Å². The summed E-state index contributed by atoms with van der Waals surface area (Å²) < 4.78 is 2.71. The monoisotopic (exact) mass is 297 g/mol. The van der Waals surface area contributed by atoms with Crippen molar-refractivity contribution in [1.82, 2.24) is 19.1 Å². The van der Waals surface area contributed by atoms with Crippen molar-refractivity contribution in [2.24, 2.45) is 0 Å². The standard InChI is InChI=1S/C13H18ClN4O2/c1-3-5-6-8-17-10-9(15-12(14)16-10)11(19)18(7-4-2)13(17)20/h2-8H2,1H3,(H,15,16). The van der Waals surface area contributed by atoms with Crippen LogP contribution in [0, 0.1) is 6.92 Å². The maximum Gasteiger partial charge on any atom is 0.332 e. The van der Waals surface area contributed by atoms with Crippen molar-refractivity contribution >= 4 is 22.8 Å². The number of aryl methyl sites for hydroxylation is 1. The molecule has 0 aliphatic rings. The smallest absolute Gasteiger partial charge is 0.323 e. The van der Waals surface area contributed by atoms with E-state index in [4.69, 9.17) is 11.6 Å². The number of nitrogens with zero attached hydrogens (tertiary/aromatic N) is 3. The van der Waals surface area contributed by atoms with Crippen molar-refractivity contribution in [3.63, 3.8) is 0 Å². The minimum Gasteiger partial charge on any atom is -0.323 e. The van der Waals surface area contributed by atoms with Crippen LogP contribution in [0.4, 0.5) is 0 Å². The number of fused-ring (bicyclic) bond motifs is 1. The number of H-pyrrole nitrogens is 1.